The zero-order valence-electron chi connectivity index (χ0n) is 11.7. The van der Waals surface area contributed by atoms with Crippen LogP contribution in [0.1, 0.15) is 20.3 Å². The van der Waals surface area contributed by atoms with E-state index in [-0.39, 0.29) is 12.1 Å². The van der Waals surface area contributed by atoms with Crippen LogP contribution in [0.15, 0.2) is 12.3 Å². The minimum atomic E-state index is -0.215. The van der Waals surface area contributed by atoms with E-state index >= 15 is 0 Å². The van der Waals surface area contributed by atoms with Gasteiger partial charge in [0, 0.05) is 38.4 Å². The number of hydrogen-bond donors (Lipinski definition) is 2. The lowest BCUT2D eigenvalue weighted by molar-refractivity contribution is 0.0546. The summed E-state index contributed by atoms with van der Waals surface area (Å²) in [5, 5.41) is 9.69. The Hall–Kier alpha value is -1.56. The number of anilines is 1. The third-order valence-corrected chi connectivity index (χ3v) is 3.40. The summed E-state index contributed by atoms with van der Waals surface area (Å²) in [6.07, 6.45) is 3.04. The molecule has 0 unspecified atom stereocenters. The Bertz CT molecular complexity index is 430. The van der Waals surface area contributed by atoms with E-state index in [1.807, 2.05) is 7.05 Å². The molecule has 1 saturated heterocycles. The molecule has 6 nitrogen and oxygen atoms in total. The predicted molar refractivity (Wildman–Crippen MR) is 72.9 cm³/mol. The molecule has 2 amide bonds. The summed E-state index contributed by atoms with van der Waals surface area (Å²) >= 11 is 0. The van der Waals surface area contributed by atoms with Crippen LogP contribution in [0.5, 0.6) is 0 Å². The SMILES string of the molecule is CC(C)[C@H]1OCC[C@@H]1CNC(=O)Nc1ccn(C)n1. The fourth-order valence-electron chi connectivity index (χ4n) is 2.48. The lowest BCUT2D eigenvalue weighted by atomic mass is 9.93. The second-order valence-corrected chi connectivity index (χ2v) is 5.34. The molecule has 0 radical (unpaired) electrons. The normalized spacial score (nSPS) is 22.7. The third-order valence-electron chi connectivity index (χ3n) is 3.40. The number of carbonyl (C=O) groups is 1. The van der Waals surface area contributed by atoms with Crippen LogP contribution in [-0.4, -0.2) is 35.1 Å². The Morgan fingerprint density at radius 2 is 2.42 bits per heavy atom. The van der Waals surface area contributed by atoms with Gasteiger partial charge in [0.15, 0.2) is 5.82 Å². The van der Waals surface area contributed by atoms with Gasteiger partial charge >= 0.3 is 6.03 Å². The highest BCUT2D eigenvalue weighted by Gasteiger charge is 2.30. The van der Waals surface area contributed by atoms with Gasteiger partial charge in [-0.25, -0.2) is 4.79 Å². The second-order valence-electron chi connectivity index (χ2n) is 5.34. The van der Waals surface area contributed by atoms with E-state index in [1.54, 1.807) is 16.9 Å². The van der Waals surface area contributed by atoms with E-state index in [0.717, 1.165) is 13.0 Å². The van der Waals surface area contributed by atoms with Gasteiger partial charge in [0.1, 0.15) is 0 Å². The van der Waals surface area contributed by atoms with Crippen molar-refractivity contribution >= 4 is 11.8 Å². The molecule has 1 fully saturated rings. The number of aromatic nitrogens is 2. The van der Waals surface area contributed by atoms with Crippen LogP contribution in [0.4, 0.5) is 10.6 Å². The quantitative estimate of drug-likeness (QED) is 0.870. The highest BCUT2D eigenvalue weighted by Crippen LogP contribution is 2.26. The molecule has 2 N–H and O–H groups in total. The molecular weight excluding hydrogens is 244 g/mol. The number of amides is 2. The summed E-state index contributed by atoms with van der Waals surface area (Å²) in [6.45, 7) is 5.73. The average Bonchev–Trinajstić information content (AvgIpc) is 2.95. The van der Waals surface area contributed by atoms with E-state index in [1.165, 1.54) is 0 Å². The molecule has 106 valence electrons. The fourth-order valence-corrected chi connectivity index (χ4v) is 2.48. The topological polar surface area (TPSA) is 68.2 Å². The van der Waals surface area contributed by atoms with Crippen molar-refractivity contribution in [2.24, 2.45) is 18.9 Å². The van der Waals surface area contributed by atoms with Gasteiger partial charge in [-0.05, 0) is 12.3 Å². The van der Waals surface area contributed by atoms with Gasteiger partial charge in [-0.3, -0.25) is 10.00 Å². The largest absolute Gasteiger partial charge is 0.378 e. The van der Waals surface area contributed by atoms with Gasteiger partial charge in [0.2, 0.25) is 0 Å². The van der Waals surface area contributed by atoms with Crippen molar-refractivity contribution in [3.63, 3.8) is 0 Å². The number of rotatable bonds is 4. The molecule has 0 aromatic carbocycles. The number of hydrogen-bond acceptors (Lipinski definition) is 3. The minimum absolute atomic E-state index is 0.215. The summed E-state index contributed by atoms with van der Waals surface area (Å²) in [5.74, 6) is 1.44. The maximum absolute atomic E-state index is 11.7. The zero-order chi connectivity index (χ0) is 13.8. The maximum Gasteiger partial charge on any atom is 0.320 e. The Morgan fingerprint density at radius 3 is 3.05 bits per heavy atom. The first-order valence-corrected chi connectivity index (χ1v) is 6.72. The van der Waals surface area contributed by atoms with Crippen LogP contribution in [0.2, 0.25) is 0 Å². The number of nitrogens with zero attached hydrogens (tertiary/aromatic N) is 2. The Kier molecular flexibility index (Phi) is 4.42. The molecule has 0 aliphatic carbocycles. The zero-order valence-corrected chi connectivity index (χ0v) is 11.7. The highest BCUT2D eigenvalue weighted by atomic mass is 16.5. The molecule has 0 saturated carbocycles. The van der Waals surface area contributed by atoms with E-state index in [4.69, 9.17) is 4.74 Å². The number of nitrogens with one attached hydrogen (secondary N) is 2. The Morgan fingerprint density at radius 1 is 1.63 bits per heavy atom. The summed E-state index contributed by atoms with van der Waals surface area (Å²) in [5.41, 5.74) is 0. The molecule has 0 spiro atoms. The first kappa shape index (κ1) is 13.9. The van der Waals surface area contributed by atoms with Crippen LogP contribution in [0.25, 0.3) is 0 Å². The number of aryl methyl sites for hydroxylation is 1. The monoisotopic (exact) mass is 266 g/mol. The summed E-state index contributed by atoms with van der Waals surface area (Å²) in [4.78, 5) is 11.7. The molecule has 2 atom stereocenters. The predicted octanol–water partition coefficient (Wildman–Crippen LogP) is 1.60. The smallest absolute Gasteiger partial charge is 0.320 e. The second kappa shape index (κ2) is 6.06. The third kappa shape index (κ3) is 3.70. The van der Waals surface area contributed by atoms with Gasteiger partial charge in [-0.1, -0.05) is 13.8 Å². The standard InChI is InChI=1S/C13H22N4O2/c1-9(2)12-10(5-7-19-12)8-14-13(18)15-11-4-6-17(3)16-11/h4,6,9-10,12H,5,7-8H2,1-3H3,(H2,14,15,16,18)/t10-,12-/m1/s1. The van der Waals surface area contributed by atoms with Crippen molar-refractivity contribution < 1.29 is 9.53 Å². The van der Waals surface area contributed by atoms with Gasteiger partial charge in [0.25, 0.3) is 0 Å². The van der Waals surface area contributed by atoms with Crippen LogP contribution in [0, 0.1) is 11.8 Å². The molecule has 1 aliphatic heterocycles. The Balaban J connectivity index is 1.77. The van der Waals surface area contributed by atoms with Crippen molar-refractivity contribution in [3.8, 4) is 0 Å². The van der Waals surface area contributed by atoms with Gasteiger partial charge in [0.05, 0.1) is 6.10 Å². The molecule has 19 heavy (non-hydrogen) atoms. The molecule has 1 aromatic rings. The molecule has 1 aliphatic rings. The maximum atomic E-state index is 11.7. The van der Waals surface area contributed by atoms with Crippen molar-refractivity contribution in [2.45, 2.75) is 26.4 Å². The Labute approximate surface area is 113 Å². The lowest BCUT2D eigenvalue weighted by Gasteiger charge is -2.22. The van der Waals surface area contributed by atoms with E-state index in [0.29, 0.717) is 24.2 Å². The number of ether oxygens (including phenoxy) is 1. The molecule has 0 bridgehead atoms. The van der Waals surface area contributed by atoms with Crippen LogP contribution in [0.3, 0.4) is 0 Å². The van der Waals surface area contributed by atoms with E-state index < -0.39 is 0 Å². The summed E-state index contributed by atoms with van der Waals surface area (Å²) < 4.78 is 7.34. The fraction of sp³-hybridized carbons (Fsp3) is 0.692. The van der Waals surface area contributed by atoms with Gasteiger partial charge in [-0.15, -0.1) is 0 Å². The molecular formula is C13H22N4O2. The van der Waals surface area contributed by atoms with E-state index in [9.17, 15) is 4.79 Å². The number of urea groups is 1. The van der Waals surface area contributed by atoms with Crippen molar-refractivity contribution in [3.05, 3.63) is 12.3 Å². The van der Waals surface area contributed by atoms with Gasteiger partial charge < -0.3 is 10.1 Å². The van der Waals surface area contributed by atoms with Crippen LogP contribution in [-0.2, 0) is 11.8 Å². The molecule has 2 rings (SSSR count). The number of carbonyl (C=O) groups excluding carboxylic acids is 1. The average molecular weight is 266 g/mol. The molecule has 2 heterocycles. The first-order valence-electron chi connectivity index (χ1n) is 6.72. The van der Waals surface area contributed by atoms with Gasteiger partial charge in [-0.2, -0.15) is 5.10 Å². The molecule has 1 aromatic heterocycles. The van der Waals surface area contributed by atoms with Crippen molar-refractivity contribution in [1.29, 1.82) is 0 Å². The van der Waals surface area contributed by atoms with Crippen LogP contribution >= 0.6 is 0 Å². The lowest BCUT2D eigenvalue weighted by Crippen LogP contribution is -2.37. The van der Waals surface area contributed by atoms with E-state index in [2.05, 4.69) is 29.6 Å². The van der Waals surface area contributed by atoms with Crippen LogP contribution < -0.4 is 10.6 Å². The highest BCUT2D eigenvalue weighted by molar-refractivity contribution is 5.88. The molecule has 6 heteroatoms. The first-order chi connectivity index (χ1) is 9.06. The summed E-state index contributed by atoms with van der Waals surface area (Å²) in [7, 11) is 1.81. The van der Waals surface area contributed by atoms with Crippen molar-refractivity contribution in [1.82, 2.24) is 15.1 Å². The summed E-state index contributed by atoms with van der Waals surface area (Å²) in [6, 6.07) is 1.54. The van der Waals surface area contributed by atoms with Crippen molar-refractivity contribution in [2.75, 3.05) is 18.5 Å². The minimum Gasteiger partial charge on any atom is -0.378 e.